The Morgan fingerprint density at radius 1 is 1.32 bits per heavy atom. The first-order chi connectivity index (χ1) is 8.69. The van der Waals surface area contributed by atoms with E-state index in [1.165, 1.54) is 0 Å². The monoisotopic (exact) mass is 268 g/mol. The summed E-state index contributed by atoms with van der Waals surface area (Å²) in [6.07, 6.45) is 2.16. The van der Waals surface area contributed by atoms with Gasteiger partial charge in [-0.3, -0.25) is 19.3 Å². The van der Waals surface area contributed by atoms with Crippen molar-refractivity contribution in [1.82, 2.24) is 10.2 Å². The maximum absolute atomic E-state index is 11.6. The second-order valence-electron chi connectivity index (χ2n) is 5.44. The van der Waals surface area contributed by atoms with E-state index < -0.39 is 11.8 Å². The molecule has 0 fully saturated rings. The Bertz CT molecular complexity index is 391. The number of amides is 3. The van der Waals surface area contributed by atoms with E-state index in [0.717, 1.165) is 17.1 Å². The fourth-order valence-electron chi connectivity index (χ4n) is 1.69. The minimum Gasteiger partial charge on any atom is -0.371 e. The number of hydrogen-bond acceptors (Lipinski definition) is 4. The Morgan fingerprint density at radius 3 is 2.32 bits per heavy atom. The van der Waals surface area contributed by atoms with Gasteiger partial charge in [0.2, 0.25) is 5.91 Å². The third-order valence-corrected chi connectivity index (χ3v) is 2.34. The van der Waals surface area contributed by atoms with Gasteiger partial charge in [0.15, 0.2) is 0 Å². The highest BCUT2D eigenvalue weighted by atomic mass is 16.5. The predicted octanol–water partition coefficient (Wildman–Crippen LogP) is 0.231. The highest BCUT2D eigenvalue weighted by Crippen LogP contribution is 2.09. The molecule has 3 amide bonds. The average molecular weight is 268 g/mol. The van der Waals surface area contributed by atoms with Crippen LogP contribution < -0.4 is 5.32 Å². The van der Waals surface area contributed by atoms with Crippen LogP contribution in [0, 0.1) is 0 Å². The second-order valence-corrected chi connectivity index (χ2v) is 5.44. The van der Waals surface area contributed by atoms with Gasteiger partial charge >= 0.3 is 0 Å². The summed E-state index contributed by atoms with van der Waals surface area (Å²) in [4.78, 5) is 35.0. The molecule has 19 heavy (non-hydrogen) atoms. The number of nitrogens with zero attached hydrogens (tertiary/aromatic N) is 1. The van der Waals surface area contributed by atoms with Crippen LogP contribution in [0.15, 0.2) is 12.2 Å². The lowest BCUT2D eigenvalue weighted by molar-refractivity contribution is -0.141. The molecule has 0 aromatic carbocycles. The first kappa shape index (κ1) is 15.4. The Morgan fingerprint density at radius 2 is 1.84 bits per heavy atom. The maximum Gasteiger partial charge on any atom is 0.254 e. The van der Waals surface area contributed by atoms with Gasteiger partial charge in [-0.1, -0.05) is 0 Å². The number of nitrogens with one attached hydrogen (secondary N) is 1. The second kappa shape index (κ2) is 5.97. The van der Waals surface area contributed by atoms with Gasteiger partial charge in [0.05, 0.1) is 11.7 Å². The fourth-order valence-corrected chi connectivity index (χ4v) is 1.69. The summed E-state index contributed by atoms with van der Waals surface area (Å²) in [6.45, 7) is 7.71. The van der Waals surface area contributed by atoms with Crippen molar-refractivity contribution in [3.05, 3.63) is 12.2 Å². The summed E-state index contributed by atoms with van der Waals surface area (Å²) in [5, 5.41) is 2.64. The zero-order valence-corrected chi connectivity index (χ0v) is 11.7. The summed E-state index contributed by atoms with van der Waals surface area (Å²) >= 11 is 0. The van der Waals surface area contributed by atoms with E-state index in [2.05, 4.69) is 5.32 Å². The van der Waals surface area contributed by atoms with Crippen molar-refractivity contribution in [3.8, 4) is 0 Å². The van der Waals surface area contributed by atoms with Crippen molar-refractivity contribution in [3.63, 3.8) is 0 Å². The van der Waals surface area contributed by atoms with E-state index in [-0.39, 0.29) is 24.2 Å². The maximum atomic E-state index is 11.6. The molecule has 0 bridgehead atoms. The minimum atomic E-state index is -0.459. The number of carbonyl (C=O) groups is 3. The van der Waals surface area contributed by atoms with Gasteiger partial charge in [0.1, 0.15) is 6.54 Å². The van der Waals surface area contributed by atoms with Gasteiger partial charge in [-0.05, 0) is 27.7 Å². The molecule has 1 rings (SSSR count). The first-order valence-corrected chi connectivity index (χ1v) is 6.17. The molecule has 0 aromatic heterocycles. The largest absolute Gasteiger partial charge is 0.371 e. The summed E-state index contributed by atoms with van der Waals surface area (Å²) in [5.74, 6) is -1.30. The molecule has 0 aliphatic carbocycles. The minimum absolute atomic E-state index is 0.146. The van der Waals surface area contributed by atoms with Crippen LogP contribution in [0.3, 0.4) is 0 Å². The lowest BCUT2D eigenvalue weighted by atomic mass is 10.2. The van der Waals surface area contributed by atoms with Gasteiger partial charge in [0.25, 0.3) is 11.8 Å². The van der Waals surface area contributed by atoms with Crippen LogP contribution in [0.5, 0.6) is 0 Å². The molecular weight excluding hydrogens is 248 g/mol. The molecule has 0 aromatic rings. The molecule has 0 saturated heterocycles. The van der Waals surface area contributed by atoms with Crippen molar-refractivity contribution in [2.24, 2.45) is 0 Å². The predicted molar refractivity (Wildman–Crippen MR) is 69.2 cm³/mol. The molecule has 1 N–H and O–H groups in total. The molecule has 1 atom stereocenters. The van der Waals surface area contributed by atoms with Crippen LogP contribution in [0.4, 0.5) is 0 Å². The van der Waals surface area contributed by atoms with Crippen molar-refractivity contribution >= 4 is 17.7 Å². The average Bonchev–Trinajstić information content (AvgIpc) is 2.56. The Kier molecular flexibility index (Phi) is 4.83. The van der Waals surface area contributed by atoms with Crippen molar-refractivity contribution in [1.29, 1.82) is 0 Å². The summed E-state index contributed by atoms with van der Waals surface area (Å²) in [7, 11) is 0. The number of imide groups is 1. The van der Waals surface area contributed by atoms with Gasteiger partial charge in [-0.25, -0.2) is 0 Å². The highest BCUT2D eigenvalue weighted by Gasteiger charge is 2.25. The number of ether oxygens (including phenoxy) is 1. The van der Waals surface area contributed by atoms with Gasteiger partial charge in [-0.2, -0.15) is 0 Å². The first-order valence-electron chi connectivity index (χ1n) is 6.17. The van der Waals surface area contributed by atoms with E-state index in [1.807, 2.05) is 27.7 Å². The van der Waals surface area contributed by atoms with E-state index in [0.29, 0.717) is 6.54 Å². The Hall–Kier alpha value is -1.69. The molecule has 0 unspecified atom stereocenters. The molecule has 0 spiro atoms. The van der Waals surface area contributed by atoms with Crippen molar-refractivity contribution < 1.29 is 19.1 Å². The van der Waals surface area contributed by atoms with Crippen LogP contribution >= 0.6 is 0 Å². The fraction of sp³-hybridized carbons (Fsp3) is 0.615. The lowest BCUT2D eigenvalue weighted by Crippen LogP contribution is -2.43. The number of carbonyl (C=O) groups excluding carboxylic acids is 3. The van der Waals surface area contributed by atoms with Crippen LogP contribution in [-0.4, -0.2) is 47.4 Å². The summed E-state index contributed by atoms with van der Waals surface area (Å²) in [5.41, 5.74) is -0.283. The van der Waals surface area contributed by atoms with E-state index in [4.69, 9.17) is 4.74 Å². The smallest absolute Gasteiger partial charge is 0.254 e. The molecule has 1 aliphatic heterocycles. The molecule has 6 nitrogen and oxygen atoms in total. The Balaban J connectivity index is 2.33. The molecule has 0 saturated carbocycles. The lowest BCUT2D eigenvalue weighted by Gasteiger charge is -2.25. The van der Waals surface area contributed by atoms with Crippen molar-refractivity contribution in [2.45, 2.75) is 39.4 Å². The number of hydrogen-bond donors (Lipinski definition) is 1. The van der Waals surface area contributed by atoms with Gasteiger partial charge in [-0.15, -0.1) is 0 Å². The zero-order chi connectivity index (χ0) is 14.6. The normalized spacial score (nSPS) is 16.9. The van der Waals surface area contributed by atoms with Crippen molar-refractivity contribution in [2.75, 3.05) is 13.1 Å². The topological polar surface area (TPSA) is 75.7 Å². The molecule has 6 heteroatoms. The molecule has 1 heterocycles. The van der Waals surface area contributed by atoms with E-state index in [9.17, 15) is 14.4 Å². The van der Waals surface area contributed by atoms with Crippen LogP contribution in [0.2, 0.25) is 0 Å². The van der Waals surface area contributed by atoms with E-state index >= 15 is 0 Å². The highest BCUT2D eigenvalue weighted by molar-refractivity contribution is 6.14. The third kappa shape index (κ3) is 5.21. The van der Waals surface area contributed by atoms with Crippen LogP contribution in [0.25, 0.3) is 0 Å². The molecule has 1 aliphatic rings. The summed E-state index contributed by atoms with van der Waals surface area (Å²) in [6, 6.07) is 0. The van der Waals surface area contributed by atoms with Gasteiger partial charge in [0, 0.05) is 18.7 Å². The third-order valence-electron chi connectivity index (χ3n) is 2.34. The zero-order valence-electron chi connectivity index (χ0n) is 11.7. The molecule has 0 radical (unpaired) electrons. The van der Waals surface area contributed by atoms with Gasteiger partial charge < -0.3 is 10.1 Å². The molecule has 106 valence electrons. The van der Waals surface area contributed by atoms with Crippen LogP contribution in [-0.2, 0) is 19.1 Å². The quantitative estimate of drug-likeness (QED) is 0.724. The Labute approximate surface area is 112 Å². The summed E-state index contributed by atoms with van der Waals surface area (Å²) < 4.78 is 5.63. The van der Waals surface area contributed by atoms with E-state index in [1.54, 1.807) is 0 Å². The standard InChI is InChI=1S/C13H20N2O4/c1-9(19-13(2,3)4)7-14-10(16)8-15-11(17)5-6-12(15)18/h5-6,9H,7-8H2,1-4H3,(H,14,16)/t9-/m0/s1. The van der Waals surface area contributed by atoms with Crippen LogP contribution in [0.1, 0.15) is 27.7 Å². The SMILES string of the molecule is C[C@@H](CNC(=O)CN1C(=O)C=CC1=O)OC(C)(C)C. The number of rotatable bonds is 5. The molecular formula is C13H20N2O4.